The van der Waals surface area contributed by atoms with Gasteiger partial charge in [0, 0.05) is 32.3 Å². The van der Waals surface area contributed by atoms with Crippen LogP contribution in [0.25, 0.3) is 0 Å². The third-order valence-corrected chi connectivity index (χ3v) is 9.23. The normalized spacial score (nSPS) is 11.3. The van der Waals surface area contributed by atoms with Crippen LogP contribution in [0.4, 0.5) is 11.4 Å². The molecule has 246 valence electrons. The molecule has 12 nitrogen and oxygen atoms in total. The molecule has 0 unspecified atom stereocenters. The fourth-order valence-electron chi connectivity index (χ4n) is 4.25. The second-order valence-corrected chi connectivity index (χ2v) is 12.9. The Balaban J connectivity index is 1.55. The van der Waals surface area contributed by atoms with E-state index < -0.39 is 38.0 Å². The molecule has 0 saturated carbocycles. The lowest BCUT2D eigenvalue weighted by Gasteiger charge is -2.25. The number of benzene rings is 4. The molecule has 4 aromatic carbocycles. The number of sulfonamides is 1. The molecule has 0 aliphatic carbocycles. The summed E-state index contributed by atoms with van der Waals surface area (Å²) in [6, 6.07) is 17.6. The van der Waals surface area contributed by atoms with E-state index in [0.29, 0.717) is 27.1 Å². The van der Waals surface area contributed by atoms with Gasteiger partial charge in [0.15, 0.2) is 11.5 Å². The SMILES string of the molecule is COc1cc(/C=N\NC(=O)CN(c2cc(Cl)ccc2OC)S(=O)(=O)c2ccc(C)c([N+](=O)[O-])c2)ccc1OCc1ccc(Cl)cc1Cl. The maximum atomic E-state index is 13.9. The largest absolute Gasteiger partial charge is 0.495 e. The number of nitro benzene ring substituents is 1. The maximum Gasteiger partial charge on any atom is 0.273 e. The van der Waals surface area contributed by atoms with Crippen LogP contribution in [0.5, 0.6) is 17.2 Å². The fourth-order valence-corrected chi connectivity index (χ4v) is 6.33. The van der Waals surface area contributed by atoms with Crippen molar-refractivity contribution in [3.8, 4) is 17.2 Å². The van der Waals surface area contributed by atoms with E-state index in [-0.39, 0.29) is 28.6 Å². The van der Waals surface area contributed by atoms with Crippen molar-refractivity contribution in [1.82, 2.24) is 5.43 Å². The van der Waals surface area contributed by atoms with Gasteiger partial charge in [-0.1, -0.05) is 46.9 Å². The average molecular weight is 722 g/mol. The van der Waals surface area contributed by atoms with Gasteiger partial charge in [-0.25, -0.2) is 13.8 Å². The molecule has 0 saturated heterocycles. The Morgan fingerprint density at radius 2 is 1.62 bits per heavy atom. The molecule has 16 heteroatoms. The summed E-state index contributed by atoms with van der Waals surface area (Å²) in [6.45, 7) is 0.856. The summed E-state index contributed by atoms with van der Waals surface area (Å²) in [4.78, 5) is 23.5. The van der Waals surface area contributed by atoms with Crippen LogP contribution in [0.3, 0.4) is 0 Å². The molecule has 0 aliphatic heterocycles. The van der Waals surface area contributed by atoms with Crippen LogP contribution in [-0.2, 0) is 21.4 Å². The van der Waals surface area contributed by atoms with Gasteiger partial charge in [-0.3, -0.25) is 19.2 Å². The van der Waals surface area contributed by atoms with E-state index in [2.05, 4.69) is 10.5 Å². The second-order valence-electron chi connectivity index (χ2n) is 9.76. The number of aryl methyl sites for hydroxylation is 1. The standard InChI is InChI=1S/C31H27Cl3N4O8S/c1-19-4-9-24(15-26(19)38(40)41)47(42,43)37(27-14-23(33)8-11-28(27)44-2)17-31(39)36-35-16-20-5-10-29(30(12-20)45-3)46-18-21-6-7-22(32)13-25(21)34/h4-16H,17-18H2,1-3H3,(H,36,39)/b35-16-. The fraction of sp³-hybridized carbons (Fsp3) is 0.161. The number of halogens is 3. The van der Waals surface area contributed by atoms with Crippen LogP contribution in [0.15, 0.2) is 82.8 Å². The molecule has 0 atom stereocenters. The topological polar surface area (TPSA) is 150 Å². The van der Waals surface area contributed by atoms with Gasteiger partial charge >= 0.3 is 0 Å². The highest BCUT2D eigenvalue weighted by molar-refractivity contribution is 7.92. The van der Waals surface area contributed by atoms with Crippen LogP contribution < -0.4 is 23.9 Å². The lowest BCUT2D eigenvalue weighted by Crippen LogP contribution is -2.39. The Hall–Kier alpha value is -4.56. The first kappa shape index (κ1) is 35.3. The van der Waals surface area contributed by atoms with Crippen molar-refractivity contribution >= 4 is 68.3 Å². The van der Waals surface area contributed by atoms with Gasteiger partial charge in [0.2, 0.25) is 0 Å². The van der Waals surface area contributed by atoms with Crippen LogP contribution in [-0.4, -0.2) is 46.2 Å². The van der Waals surface area contributed by atoms with Crippen LogP contribution in [0.2, 0.25) is 15.1 Å². The Morgan fingerprint density at radius 3 is 2.30 bits per heavy atom. The number of carbonyl (C=O) groups excluding carboxylic acids is 1. The monoisotopic (exact) mass is 720 g/mol. The predicted octanol–water partition coefficient (Wildman–Crippen LogP) is 6.81. The molecule has 0 aliphatic rings. The summed E-state index contributed by atoms with van der Waals surface area (Å²) in [5.41, 5.74) is 3.33. The number of carbonyl (C=O) groups is 1. The van der Waals surface area contributed by atoms with Crippen molar-refractivity contribution in [3.63, 3.8) is 0 Å². The highest BCUT2D eigenvalue weighted by Gasteiger charge is 2.31. The van der Waals surface area contributed by atoms with Crippen LogP contribution in [0, 0.1) is 17.0 Å². The zero-order chi connectivity index (χ0) is 34.3. The number of nitrogens with one attached hydrogen (secondary N) is 1. The first-order chi connectivity index (χ1) is 22.3. The number of rotatable bonds is 13. The first-order valence-corrected chi connectivity index (χ1v) is 16.1. The third-order valence-electron chi connectivity index (χ3n) is 6.65. The van der Waals surface area contributed by atoms with Gasteiger partial charge in [-0.2, -0.15) is 5.10 Å². The smallest absolute Gasteiger partial charge is 0.273 e. The molecular formula is C31H27Cl3N4O8S. The molecule has 0 spiro atoms. The van der Waals surface area contributed by atoms with Crippen LogP contribution >= 0.6 is 34.8 Å². The van der Waals surface area contributed by atoms with Crippen molar-refractivity contribution in [1.29, 1.82) is 0 Å². The average Bonchev–Trinajstić information content (AvgIpc) is 3.03. The van der Waals surface area contributed by atoms with Crippen molar-refractivity contribution in [2.24, 2.45) is 5.10 Å². The molecule has 0 radical (unpaired) electrons. The number of methoxy groups -OCH3 is 2. The van der Waals surface area contributed by atoms with E-state index in [1.54, 1.807) is 36.4 Å². The number of hydrazone groups is 1. The molecule has 0 bridgehead atoms. The lowest BCUT2D eigenvalue weighted by molar-refractivity contribution is -0.385. The van der Waals surface area contributed by atoms with E-state index in [4.69, 9.17) is 49.0 Å². The Bertz CT molecular complexity index is 1960. The van der Waals surface area contributed by atoms with Crippen molar-refractivity contribution in [3.05, 3.63) is 115 Å². The number of amides is 1. The Labute approximate surface area is 285 Å². The van der Waals surface area contributed by atoms with Gasteiger partial charge in [0.05, 0.1) is 35.9 Å². The molecule has 0 fully saturated rings. The van der Waals surface area contributed by atoms with Crippen molar-refractivity contribution in [2.45, 2.75) is 18.4 Å². The van der Waals surface area contributed by atoms with E-state index in [0.717, 1.165) is 15.9 Å². The number of anilines is 1. The summed E-state index contributed by atoms with van der Waals surface area (Å²) in [5.74, 6) is 0.0547. The minimum atomic E-state index is -4.56. The molecule has 1 amide bonds. The number of hydrogen-bond acceptors (Lipinski definition) is 9. The summed E-state index contributed by atoms with van der Waals surface area (Å²) < 4.78 is 45.1. The van der Waals surface area contributed by atoms with Gasteiger partial charge in [0.1, 0.15) is 18.9 Å². The Morgan fingerprint density at radius 1 is 0.936 bits per heavy atom. The number of nitrogens with zero attached hydrogens (tertiary/aromatic N) is 3. The van der Waals surface area contributed by atoms with Gasteiger partial charge in [0.25, 0.3) is 21.6 Å². The zero-order valence-electron chi connectivity index (χ0n) is 25.1. The second kappa shape index (κ2) is 15.4. The molecule has 4 aromatic rings. The number of nitro groups is 1. The first-order valence-electron chi connectivity index (χ1n) is 13.5. The molecule has 4 rings (SSSR count). The summed E-state index contributed by atoms with van der Waals surface area (Å²) in [5, 5.41) is 16.6. The molecule has 0 heterocycles. The number of hydrogen-bond donors (Lipinski definition) is 1. The lowest BCUT2D eigenvalue weighted by atomic mass is 10.2. The van der Waals surface area contributed by atoms with E-state index in [1.807, 2.05) is 0 Å². The van der Waals surface area contributed by atoms with E-state index >= 15 is 0 Å². The summed E-state index contributed by atoms with van der Waals surface area (Å²) >= 11 is 18.3. The third kappa shape index (κ3) is 8.63. The van der Waals surface area contributed by atoms with Crippen molar-refractivity contribution in [2.75, 3.05) is 25.1 Å². The van der Waals surface area contributed by atoms with E-state index in [9.17, 15) is 23.3 Å². The summed E-state index contributed by atoms with van der Waals surface area (Å²) in [7, 11) is -1.78. The predicted molar refractivity (Wildman–Crippen MR) is 180 cm³/mol. The molecular weight excluding hydrogens is 695 g/mol. The van der Waals surface area contributed by atoms with Gasteiger partial charge < -0.3 is 14.2 Å². The molecule has 0 aromatic heterocycles. The zero-order valence-corrected chi connectivity index (χ0v) is 28.2. The highest BCUT2D eigenvalue weighted by atomic mass is 35.5. The van der Waals surface area contributed by atoms with Gasteiger partial charge in [-0.15, -0.1) is 0 Å². The van der Waals surface area contributed by atoms with E-state index in [1.165, 1.54) is 57.7 Å². The van der Waals surface area contributed by atoms with Crippen molar-refractivity contribution < 1.29 is 32.3 Å². The highest BCUT2D eigenvalue weighted by Crippen LogP contribution is 2.36. The minimum Gasteiger partial charge on any atom is -0.495 e. The quantitative estimate of drug-likeness (QED) is 0.0900. The van der Waals surface area contributed by atoms with Gasteiger partial charge in [-0.05, 0) is 67.1 Å². The Kier molecular flexibility index (Phi) is 11.5. The minimum absolute atomic E-state index is 0.0671. The van der Waals surface area contributed by atoms with Crippen LogP contribution in [0.1, 0.15) is 16.7 Å². The molecule has 1 N–H and O–H groups in total. The number of ether oxygens (including phenoxy) is 3. The maximum absolute atomic E-state index is 13.9. The summed E-state index contributed by atoms with van der Waals surface area (Å²) in [6.07, 6.45) is 1.32. The molecule has 47 heavy (non-hydrogen) atoms.